The summed E-state index contributed by atoms with van der Waals surface area (Å²) in [5, 5.41) is 10.3. The first-order valence-corrected chi connectivity index (χ1v) is 13.7. The number of nitrogens with zero attached hydrogens (tertiary/aromatic N) is 3. The van der Waals surface area contributed by atoms with Gasteiger partial charge in [-0.15, -0.1) is 10.2 Å². The maximum atomic E-state index is 13.1. The van der Waals surface area contributed by atoms with E-state index in [-0.39, 0.29) is 11.5 Å². The Bertz CT molecular complexity index is 1620. The Labute approximate surface area is 240 Å². The number of methoxy groups -OCH3 is 2. The summed E-state index contributed by atoms with van der Waals surface area (Å²) in [6, 6.07) is 28.3. The number of hydrogen-bond acceptors (Lipinski definition) is 6. The van der Waals surface area contributed by atoms with Crippen LogP contribution >= 0.6 is 35.0 Å². The van der Waals surface area contributed by atoms with Gasteiger partial charge in [0.15, 0.2) is 16.8 Å². The number of hydrogen-bond donors (Lipinski definition) is 0. The standard InChI is InChI=1S/C30H23Cl2N3O3S/c1-37-27-14-12-22(31)16-24(27)29-33-34-30(35(29)23-13-15-28(38-2)25(32)17-23)39-18-26(36)21-10-8-20(9-11-21)19-6-4-3-5-7-19/h3-17H,18H2,1-2H3. The Morgan fingerprint density at radius 1 is 0.821 bits per heavy atom. The molecule has 39 heavy (non-hydrogen) atoms. The van der Waals surface area contributed by atoms with Crippen LogP contribution in [-0.2, 0) is 0 Å². The highest BCUT2D eigenvalue weighted by molar-refractivity contribution is 7.99. The zero-order valence-electron chi connectivity index (χ0n) is 21.1. The van der Waals surface area contributed by atoms with E-state index in [1.54, 1.807) is 44.6 Å². The average Bonchev–Trinajstić information content (AvgIpc) is 3.40. The molecule has 0 amide bonds. The third kappa shape index (κ3) is 5.81. The van der Waals surface area contributed by atoms with Crippen LogP contribution in [0.2, 0.25) is 10.0 Å². The van der Waals surface area contributed by atoms with Crippen LogP contribution in [-0.4, -0.2) is 40.5 Å². The highest BCUT2D eigenvalue weighted by atomic mass is 35.5. The lowest BCUT2D eigenvalue weighted by atomic mass is 10.0. The van der Waals surface area contributed by atoms with Crippen LogP contribution < -0.4 is 9.47 Å². The molecule has 196 valence electrons. The fraction of sp³-hybridized carbons (Fsp3) is 0.100. The van der Waals surface area contributed by atoms with Crippen molar-refractivity contribution in [2.45, 2.75) is 5.16 Å². The van der Waals surface area contributed by atoms with Crippen molar-refractivity contribution >= 4 is 40.7 Å². The fourth-order valence-electron chi connectivity index (χ4n) is 4.11. The molecule has 0 fully saturated rings. The normalized spacial score (nSPS) is 10.9. The summed E-state index contributed by atoms with van der Waals surface area (Å²) < 4.78 is 12.7. The van der Waals surface area contributed by atoms with E-state index in [4.69, 9.17) is 32.7 Å². The summed E-state index contributed by atoms with van der Waals surface area (Å²) >= 11 is 14.1. The fourth-order valence-corrected chi connectivity index (χ4v) is 5.38. The number of aromatic nitrogens is 3. The van der Waals surface area contributed by atoms with E-state index in [0.29, 0.717) is 49.3 Å². The van der Waals surface area contributed by atoms with Gasteiger partial charge >= 0.3 is 0 Å². The summed E-state index contributed by atoms with van der Waals surface area (Å²) in [6.07, 6.45) is 0. The second kappa shape index (κ2) is 11.9. The predicted molar refractivity (Wildman–Crippen MR) is 157 cm³/mol. The van der Waals surface area contributed by atoms with Gasteiger partial charge in [-0.1, -0.05) is 89.6 Å². The number of ketones is 1. The van der Waals surface area contributed by atoms with Crippen LogP contribution in [0.3, 0.4) is 0 Å². The van der Waals surface area contributed by atoms with E-state index < -0.39 is 0 Å². The molecule has 0 aliphatic rings. The SMILES string of the molecule is COc1ccc(-n2c(SCC(=O)c3ccc(-c4ccccc4)cc3)nnc2-c2cc(Cl)ccc2OC)cc1Cl. The Kier molecular flexibility index (Phi) is 8.21. The Morgan fingerprint density at radius 2 is 1.51 bits per heavy atom. The molecule has 0 saturated heterocycles. The molecule has 6 nitrogen and oxygen atoms in total. The summed E-state index contributed by atoms with van der Waals surface area (Å²) in [5.74, 6) is 1.76. The van der Waals surface area contributed by atoms with Gasteiger partial charge in [-0.05, 0) is 47.5 Å². The lowest BCUT2D eigenvalue weighted by Crippen LogP contribution is -2.05. The van der Waals surface area contributed by atoms with Gasteiger partial charge in [-0.2, -0.15) is 0 Å². The quantitative estimate of drug-likeness (QED) is 0.131. The molecular weight excluding hydrogens is 553 g/mol. The molecular formula is C30H23Cl2N3O3S. The van der Waals surface area contributed by atoms with E-state index in [9.17, 15) is 4.79 Å². The lowest BCUT2D eigenvalue weighted by molar-refractivity contribution is 0.102. The van der Waals surface area contributed by atoms with Crippen LogP contribution in [0.4, 0.5) is 0 Å². The lowest BCUT2D eigenvalue weighted by Gasteiger charge is -2.14. The van der Waals surface area contributed by atoms with Crippen molar-refractivity contribution in [2.24, 2.45) is 0 Å². The largest absolute Gasteiger partial charge is 0.496 e. The second-order valence-corrected chi connectivity index (χ2v) is 10.2. The number of benzene rings is 4. The van der Waals surface area contributed by atoms with Gasteiger partial charge in [0, 0.05) is 10.6 Å². The summed E-state index contributed by atoms with van der Waals surface area (Å²) in [4.78, 5) is 13.1. The van der Waals surface area contributed by atoms with Crippen molar-refractivity contribution in [1.82, 2.24) is 14.8 Å². The first kappa shape index (κ1) is 26.8. The van der Waals surface area contributed by atoms with Gasteiger partial charge in [0.1, 0.15) is 11.5 Å². The van der Waals surface area contributed by atoms with Crippen molar-refractivity contribution in [3.8, 4) is 39.7 Å². The van der Waals surface area contributed by atoms with Gasteiger partial charge in [-0.3, -0.25) is 9.36 Å². The van der Waals surface area contributed by atoms with E-state index >= 15 is 0 Å². The topological polar surface area (TPSA) is 66.2 Å². The van der Waals surface area contributed by atoms with Crippen molar-refractivity contribution in [3.05, 3.63) is 107 Å². The molecule has 0 unspecified atom stereocenters. The van der Waals surface area contributed by atoms with E-state index in [1.807, 2.05) is 65.2 Å². The molecule has 0 aliphatic heterocycles. The second-order valence-electron chi connectivity index (χ2n) is 8.46. The monoisotopic (exact) mass is 575 g/mol. The number of carbonyl (C=O) groups excluding carboxylic acids is 1. The van der Waals surface area contributed by atoms with Crippen LogP contribution in [0.25, 0.3) is 28.2 Å². The molecule has 0 aliphatic carbocycles. The zero-order chi connectivity index (χ0) is 27.4. The number of thioether (sulfide) groups is 1. The van der Waals surface area contributed by atoms with Crippen molar-refractivity contribution in [3.63, 3.8) is 0 Å². The van der Waals surface area contributed by atoms with Gasteiger partial charge in [0.25, 0.3) is 0 Å². The molecule has 0 N–H and O–H groups in total. The molecule has 0 radical (unpaired) electrons. The van der Waals surface area contributed by atoms with E-state index in [1.165, 1.54) is 11.8 Å². The maximum Gasteiger partial charge on any atom is 0.196 e. The Hall–Kier alpha value is -3.78. The summed E-state index contributed by atoms with van der Waals surface area (Å²) in [5.41, 5.74) is 4.12. The smallest absolute Gasteiger partial charge is 0.196 e. The first-order chi connectivity index (χ1) is 19.0. The van der Waals surface area contributed by atoms with Gasteiger partial charge in [-0.25, -0.2) is 0 Å². The first-order valence-electron chi connectivity index (χ1n) is 11.9. The Balaban J connectivity index is 1.46. The molecule has 1 aromatic heterocycles. The predicted octanol–water partition coefficient (Wildman–Crippen LogP) is 7.90. The molecule has 5 rings (SSSR count). The van der Waals surface area contributed by atoms with Crippen molar-refractivity contribution in [1.29, 1.82) is 0 Å². The molecule has 5 aromatic rings. The number of carbonyl (C=O) groups is 1. The molecule has 0 spiro atoms. The van der Waals surface area contributed by atoms with E-state index in [0.717, 1.165) is 11.1 Å². The number of halogens is 2. The Morgan fingerprint density at radius 3 is 2.21 bits per heavy atom. The van der Waals surface area contributed by atoms with Crippen LogP contribution in [0, 0.1) is 0 Å². The molecule has 4 aromatic carbocycles. The highest BCUT2D eigenvalue weighted by Crippen LogP contribution is 2.37. The number of ether oxygens (including phenoxy) is 2. The summed E-state index contributed by atoms with van der Waals surface area (Å²) in [7, 11) is 3.14. The van der Waals surface area contributed by atoms with Crippen LogP contribution in [0.5, 0.6) is 11.5 Å². The van der Waals surface area contributed by atoms with E-state index in [2.05, 4.69) is 10.2 Å². The van der Waals surface area contributed by atoms with Gasteiger partial charge in [0.05, 0.1) is 36.2 Å². The van der Waals surface area contributed by atoms with Crippen LogP contribution in [0.15, 0.2) is 96.2 Å². The molecule has 0 bridgehead atoms. The molecule has 0 atom stereocenters. The van der Waals surface area contributed by atoms with Crippen molar-refractivity contribution < 1.29 is 14.3 Å². The maximum absolute atomic E-state index is 13.1. The van der Waals surface area contributed by atoms with Crippen LogP contribution in [0.1, 0.15) is 10.4 Å². The number of rotatable bonds is 9. The minimum absolute atomic E-state index is 0.0242. The third-order valence-electron chi connectivity index (χ3n) is 6.08. The average molecular weight is 577 g/mol. The highest BCUT2D eigenvalue weighted by Gasteiger charge is 2.21. The number of Topliss-reactive ketones (excluding diaryl/α,β-unsaturated/α-hetero) is 1. The van der Waals surface area contributed by atoms with Gasteiger partial charge < -0.3 is 9.47 Å². The van der Waals surface area contributed by atoms with Gasteiger partial charge in [0.2, 0.25) is 0 Å². The molecule has 9 heteroatoms. The van der Waals surface area contributed by atoms with Crippen molar-refractivity contribution in [2.75, 3.05) is 20.0 Å². The molecule has 0 saturated carbocycles. The zero-order valence-corrected chi connectivity index (χ0v) is 23.4. The minimum atomic E-state index is -0.0242. The molecule has 1 heterocycles. The minimum Gasteiger partial charge on any atom is -0.496 e. The third-order valence-corrected chi connectivity index (χ3v) is 7.54. The summed E-state index contributed by atoms with van der Waals surface area (Å²) in [6.45, 7) is 0.